The van der Waals surface area contributed by atoms with Gasteiger partial charge in [0.05, 0.1) is 5.92 Å². The van der Waals surface area contributed by atoms with E-state index in [-0.39, 0.29) is 23.4 Å². The first-order valence-corrected chi connectivity index (χ1v) is 8.46. The van der Waals surface area contributed by atoms with Crippen molar-refractivity contribution in [3.63, 3.8) is 0 Å². The number of rotatable bonds is 4. The van der Waals surface area contributed by atoms with Crippen molar-refractivity contribution < 1.29 is 23.5 Å². The molecule has 1 amide bonds. The highest BCUT2D eigenvalue weighted by Gasteiger charge is 2.46. The number of carbonyl (C=O) groups excluding carboxylic acids is 1. The first kappa shape index (κ1) is 16.9. The number of nitrogens with one attached hydrogen (secondary N) is 1. The highest BCUT2D eigenvalue weighted by molar-refractivity contribution is 5.84. The summed E-state index contributed by atoms with van der Waals surface area (Å²) in [6, 6.07) is 3.62. The maximum atomic E-state index is 13.8. The summed E-state index contributed by atoms with van der Waals surface area (Å²) in [6.07, 6.45) is 4.39. The lowest BCUT2D eigenvalue weighted by Gasteiger charge is -2.23. The van der Waals surface area contributed by atoms with Gasteiger partial charge in [-0.1, -0.05) is 31.4 Å². The molecule has 0 radical (unpaired) electrons. The van der Waals surface area contributed by atoms with E-state index in [1.165, 1.54) is 12.1 Å². The summed E-state index contributed by atoms with van der Waals surface area (Å²) in [4.78, 5) is 23.8. The summed E-state index contributed by atoms with van der Waals surface area (Å²) < 4.78 is 27.1. The average molecular weight is 337 g/mol. The summed E-state index contributed by atoms with van der Waals surface area (Å²) in [7, 11) is 0. The van der Waals surface area contributed by atoms with Crippen LogP contribution in [-0.4, -0.2) is 23.0 Å². The van der Waals surface area contributed by atoms with Crippen molar-refractivity contribution in [1.82, 2.24) is 5.32 Å². The molecule has 0 heterocycles. The minimum absolute atomic E-state index is 0.228. The Balaban J connectivity index is 1.65. The number of carbonyl (C=O) groups is 2. The number of carboxylic acid groups (broad SMARTS) is 1. The number of aliphatic carboxylic acids is 1. The van der Waals surface area contributed by atoms with Crippen molar-refractivity contribution in [2.75, 3.05) is 0 Å². The Labute approximate surface area is 139 Å². The molecule has 1 aromatic rings. The fraction of sp³-hybridized carbons (Fsp3) is 0.556. The zero-order valence-corrected chi connectivity index (χ0v) is 13.3. The molecule has 2 aliphatic rings. The van der Waals surface area contributed by atoms with Crippen molar-refractivity contribution in [3.8, 4) is 0 Å². The van der Waals surface area contributed by atoms with Crippen molar-refractivity contribution >= 4 is 11.9 Å². The fourth-order valence-corrected chi connectivity index (χ4v) is 3.70. The summed E-state index contributed by atoms with van der Waals surface area (Å²) >= 11 is 0. The van der Waals surface area contributed by atoms with Crippen LogP contribution in [0.2, 0.25) is 0 Å². The van der Waals surface area contributed by atoms with E-state index in [2.05, 4.69) is 5.32 Å². The Kier molecular flexibility index (Phi) is 4.83. The third-order valence-corrected chi connectivity index (χ3v) is 5.17. The van der Waals surface area contributed by atoms with E-state index in [0.29, 0.717) is 19.3 Å². The molecule has 0 aliphatic heterocycles. The topological polar surface area (TPSA) is 66.4 Å². The van der Waals surface area contributed by atoms with Crippen molar-refractivity contribution in [3.05, 3.63) is 35.4 Å². The van der Waals surface area contributed by atoms with E-state index in [1.807, 2.05) is 0 Å². The largest absolute Gasteiger partial charge is 0.481 e. The Bertz CT molecular complexity index is 649. The van der Waals surface area contributed by atoms with Gasteiger partial charge in [0.15, 0.2) is 11.6 Å². The molecule has 4 atom stereocenters. The van der Waals surface area contributed by atoms with E-state index < -0.39 is 29.4 Å². The highest BCUT2D eigenvalue weighted by atomic mass is 19.2. The van der Waals surface area contributed by atoms with Gasteiger partial charge < -0.3 is 10.4 Å². The maximum absolute atomic E-state index is 13.8. The minimum atomic E-state index is -0.909. The van der Waals surface area contributed by atoms with Crippen LogP contribution in [0, 0.1) is 23.5 Å². The number of benzene rings is 1. The van der Waals surface area contributed by atoms with Gasteiger partial charge in [0.2, 0.25) is 5.91 Å². The van der Waals surface area contributed by atoms with Gasteiger partial charge in [-0.3, -0.25) is 9.59 Å². The Morgan fingerprint density at radius 1 is 1.08 bits per heavy atom. The van der Waals surface area contributed by atoms with Gasteiger partial charge in [-0.25, -0.2) is 8.78 Å². The van der Waals surface area contributed by atoms with Gasteiger partial charge in [-0.15, -0.1) is 0 Å². The number of halogens is 2. The summed E-state index contributed by atoms with van der Waals surface area (Å²) in [5.41, 5.74) is 0.228. The van der Waals surface area contributed by atoms with Gasteiger partial charge >= 0.3 is 5.97 Å². The molecule has 2 unspecified atom stereocenters. The van der Waals surface area contributed by atoms with Crippen LogP contribution < -0.4 is 5.32 Å². The molecule has 24 heavy (non-hydrogen) atoms. The van der Waals surface area contributed by atoms with Crippen molar-refractivity contribution in [2.24, 2.45) is 11.8 Å². The Morgan fingerprint density at radius 3 is 2.58 bits per heavy atom. The molecule has 2 saturated carbocycles. The van der Waals surface area contributed by atoms with Crippen LogP contribution in [0.1, 0.15) is 50.0 Å². The Hall–Kier alpha value is -1.98. The Morgan fingerprint density at radius 2 is 1.83 bits per heavy atom. The molecule has 0 spiro atoms. The zero-order chi connectivity index (χ0) is 17.3. The van der Waals surface area contributed by atoms with Crippen LogP contribution in [0.5, 0.6) is 0 Å². The third-order valence-electron chi connectivity index (χ3n) is 5.17. The van der Waals surface area contributed by atoms with Gasteiger partial charge in [0, 0.05) is 12.0 Å². The summed E-state index contributed by atoms with van der Waals surface area (Å²) in [5, 5.41) is 12.2. The molecule has 2 aliphatic carbocycles. The lowest BCUT2D eigenvalue weighted by Crippen LogP contribution is -2.43. The van der Waals surface area contributed by atoms with Crippen LogP contribution in [0.25, 0.3) is 0 Å². The van der Waals surface area contributed by atoms with E-state index in [0.717, 1.165) is 25.3 Å². The first-order chi connectivity index (χ1) is 11.5. The zero-order valence-electron chi connectivity index (χ0n) is 13.3. The van der Waals surface area contributed by atoms with Crippen LogP contribution in [0.4, 0.5) is 8.78 Å². The lowest BCUT2D eigenvalue weighted by molar-refractivity contribution is -0.143. The number of carboxylic acids is 1. The molecule has 0 saturated heterocycles. The van der Waals surface area contributed by atoms with Gasteiger partial charge in [0.25, 0.3) is 0 Å². The SMILES string of the molecule is O=C(N[C@H]1CCCCC[C@H]1C(=O)O)C1CC1c1cccc(F)c1F. The summed E-state index contributed by atoms with van der Waals surface area (Å²) in [5.74, 6) is -4.23. The molecule has 3 rings (SSSR count). The van der Waals surface area contributed by atoms with Crippen LogP contribution in [0.15, 0.2) is 18.2 Å². The highest BCUT2D eigenvalue weighted by Crippen LogP contribution is 2.48. The maximum Gasteiger partial charge on any atom is 0.308 e. The molecule has 2 fully saturated rings. The number of amides is 1. The normalized spacial score (nSPS) is 29.6. The molecule has 130 valence electrons. The second-order valence-corrected chi connectivity index (χ2v) is 6.79. The fourth-order valence-electron chi connectivity index (χ4n) is 3.70. The average Bonchev–Trinajstić information content (AvgIpc) is 3.33. The molecule has 0 aromatic heterocycles. The molecular weight excluding hydrogens is 316 g/mol. The smallest absolute Gasteiger partial charge is 0.308 e. The quantitative estimate of drug-likeness (QED) is 0.829. The second-order valence-electron chi connectivity index (χ2n) is 6.79. The third kappa shape index (κ3) is 3.42. The monoisotopic (exact) mass is 337 g/mol. The lowest BCUT2D eigenvalue weighted by atomic mass is 9.94. The second kappa shape index (κ2) is 6.87. The van der Waals surface area contributed by atoms with Crippen LogP contribution in [-0.2, 0) is 9.59 Å². The predicted octanol–water partition coefficient (Wildman–Crippen LogP) is 3.22. The predicted molar refractivity (Wildman–Crippen MR) is 83.3 cm³/mol. The standard InChI is InChI=1S/C18H21F2NO3/c19-14-7-4-6-10(16(14)20)12-9-13(12)17(22)21-15-8-3-1-2-5-11(15)18(23)24/h4,6-7,11-13,15H,1-3,5,8-9H2,(H,21,22)(H,23,24)/t11-,12?,13?,15+/m1/s1. The van der Waals surface area contributed by atoms with Gasteiger partial charge in [0.1, 0.15) is 0 Å². The number of hydrogen-bond donors (Lipinski definition) is 2. The van der Waals surface area contributed by atoms with Crippen LogP contribution in [0.3, 0.4) is 0 Å². The molecule has 6 heteroatoms. The van der Waals surface area contributed by atoms with E-state index >= 15 is 0 Å². The molecule has 0 bridgehead atoms. The van der Waals surface area contributed by atoms with E-state index in [1.54, 1.807) is 0 Å². The van der Waals surface area contributed by atoms with E-state index in [9.17, 15) is 23.5 Å². The van der Waals surface area contributed by atoms with Gasteiger partial charge in [-0.2, -0.15) is 0 Å². The molecular formula is C18H21F2NO3. The first-order valence-electron chi connectivity index (χ1n) is 8.46. The summed E-state index contributed by atoms with van der Waals surface area (Å²) in [6.45, 7) is 0. The van der Waals surface area contributed by atoms with Gasteiger partial charge in [-0.05, 0) is 36.8 Å². The molecule has 2 N–H and O–H groups in total. The molecule has 1 aromatic carbocycles. The minimum Gasteiger partial charge on any atom is -0.481 e. The molecule has 4 nitrogen and oxygen atoms in total. The van der Waals surface area contributed by atoms with Crippen molar-refractivity contribution in [1.29, 1.82) is 0 Å². The van der Waals surface area contributed by atoms with E-state index in [4.69, 9.17) is 0 Å². The van der Waals surface area contributed by atoms with Crippen molar-refractivity contribution in [2.45, 2.75) is 50.5 Å². The van der Waals surface area contributed by atoms with Crippen LogP contribution >= 0.6 is 0 Å². The number of hydrogen-bond acceptors (Lipinski definition) is 2.